The molecule has 0 aliphatic carbocycles. The molecule has 0 bridgehead atoms. The number of carbonyl (C=O) groups excluding carboxylic acids is 1. The van der Waals surface area contributed by atoms with Gasteiger partial charge in [0.15, 0.2) is 5.13 Å². The molecule has 7 nitrogen and oxygen atoms in total. The number of halogens is 3. The second-order valence-electron chi connectivity index (χ2n) is 8.33. The first-order valence-corrected chi connectivity index (χ1v) is 12.3. The second kappa shape index (κ2) is 9.16. The number of benzene rings is 1. The number of carbonyl (C=O) groups is 1. The van der Waals surface area contributed by atoms with Crippen LogP contribution >= 0.6 is 23.1 Å². The Morgan fingerprint density at radius 2 is 2.21 bits per heavy atom. The van der Waals surface area contributed by atoms with Crippen LogP contribution in [-0.2, 0) is 4.79 Å². The second-order valence-corrected chi connectivity index (χ2v) is 10.4. The Labute approximate surface area is 201 Å². The molecule has 178 valence electrons. The fraction of sp³-hybridized carbons (Fsp3) is 0.364. The molecule has 0 spiro atoms. The number of rotatable bonds is 6. The summed E-state index contributed by atoms with van der Waals surface area (Å²) in [6.45, 7) is 0.311. The third kappa shape index (κ3) is 4.75. The number of hydrogen-bond acceptors (Lipinski definition) is 7. The first kappa shape index (κ1) is 23.1. The Morgan fingerprint density at radius 3 is 3.03 bits per heavy atom. The number of aromatic nitrogens is 4. The minimum absolute atomic E-state index is 0.0162. The van der Waals surface area contributed by atoms with E-state index in [1.54, 1.807) is 47.1 Å². The molecule has 1 fully saturated rings. The van der Waals surface area contributed by atoms with E-state index in [1.165, 1.54) is 29.2 Å². The van der Waals surface area contributed by atoms with Gasteiger partial charge in [-0.25, -0.2) is 28.1 Å². The van der Waals surface area contributed by atoms with Crippen LogP contribution in [0.15, 0.2) is 46.7 Å². The van der Waals surface area contributed by atoms with E-state index in [9.17, 15) is 18.0 Å². The molecule has 1 aliphatic rings. The number of likely N-dealkylation sites (tertiary alicyclic amines) is 1. The molecular weight excluding hydrogens is 485 g/mol. The van der Waals surface area contributed by atoms with Crippen LogP contribution in [0.25, 0.3) is 16.0 Å². The fourth-order valence-electron chi connectivity index (χ4n) is 4.05. The summed E-state index contributed by atoms with van der Waals surface area (Å²) in [7, 11) is 1.67. The first-order valence-electron chi connectivity index (χ1n) is 10.7. The van der Waals surface area contributed by atoms with Gasteiger partial charge >= 0.3 is 0 Å². The maximum atomic E-state index is 14.7. The third-order valence-corrected chi connectivity index (χ3v) is 7.79. The van der Waals surface area contributed by atoms with Crippen molar-refractivity contribution in [2.24, 2.45) is 5.92 Å². The highest BCUT2D eigenvalue weighted by Crippen LogP contribution is 2.37. The molecule has 1 N–H and O–H groups in total. The lowest BCUT2D eigenvalue weighted by molar-refractivity contribution is -0.121. The molecular formula is C22H21F3N6OS2. The van der Waals surface area contributed by atoms with Gasteiger partial charge in [-0.2, -0.15) is 0 Å². The standard InChI is InChI=1S/C22H21F3N6OS2/c1-30-8-5-13(22(24,25)12-30)3-4-18(32)29-21-28-15-9-14(23)16(10-17(15)34-21)33-19-11-27-20-26-6-2-7-31(19)20/h2,6-7,9-11,13H,3-5,8,12H2,1H3,(H,28,29,32). The number of anilines is 1. The summed E-state index contributed by atoms with van der Waals surface area (Å²) >= 11 is 2.43. The summed E-state index contributed by atoms with van der Waals surface area (Å²) in [5.74, 6) is -3.90. The number of thiazole rings is 1. The molecule has 12 heteroatoms. The normalized spacial score (nSPS) is 18.5. The van der Waals surface area contributed by atoms with Crippen LogP contribution in [0.5, 0.6) is 0 Å². The zero-order valence-corrected chi connectivity index (χ0v) is 19.8. The summed E-state index contributed by atoms with van der Waals surface area (Å²) in [6.07, 6.45) is 5.52. The van der Waals surface area contributed by atoms with Crippen LogP contribution < -0.4 is 5.32 Å². The molecule has 1 unspecified atom stereocenters. The molecule has 1 atom stereocenters. The minimum atomic E-state index is -2.80. The SMILES string of the molecule is CN1CCC(CCC(=O)Nc2nc3cc(F)c(Sc4cnc5ncccn45)cc3s2)C(F)(F)C1. The largest absolute Gasteiger partial charge is 0.302 e. The highest BCUT2D eigenvalue weighted by atomic mass is 32.2. The minimum Gasteiger partial charge on any atom is -0.302 e. The number of fused-ring (bicyclic) bond motifs is 2. The number of alkyl halides is 2. The van der Waals surface area contributed by atoms with Gasteiger partial charge in [0.2, 0.25) is 11.7 Å². The Morgan fingerprint density at radius 1 is 1.35 bits per heavy atom. The predicted molar refractivity (Wildman–Crippen MR) is 125 cm³/mol. The lowest BCUT2D eigenvalue weighted by Gasteiger charge is -2.36. The third-order valence-electron chi connectivity index (χ3n) is 5.81. The van der Waals surface area contributed by atoms with Crippen LogP contribution in [0.2, 0.25) is 0 Å². The van der Waals surface area contributed by atoms with Crippen molar-refractivity contribution in [3.63, 3.8) is 0 Å². The van der Waals surface area contributed by atoms with Gasteiger partial charge in [0.25, 0.3) is 5.92 Å². The van der Waals surface area contributed by atoms with Crippen molar-refractivity contribution >= 4 is 50.1 Å². The van der Waals surface area contributed by atoms with E-state index < -0.39 is 17.7 Å². The summed E-state index contributed by atoms with van der Waals surface area (Å²) in [5, 5.41) is 3.71. The maximum Gasteiger partial charge on any atom is 0.263 e. The summed E-state index contributed by atoms with van der Waals surface area (Å²) < 4.78 is 45.6. The Balaban J connectivity index is 1.26. The van der Waals surface area contributed by atoms with Gasteiger partial charge in [0.05, 0.1) is 27.9 Å². The predicted octanol–water partition coefficient (Wildman–Crippen LogP) is 4.94. The zero-order chi connectivity index (χ0) is 23.9. The monoisotopic (exact) mass is 506 g/mol. The van der Waals surface area contributed by atoms with Crippen LogP contribution in [-0.4, -0.2) is 56.2 Å². The number of hydrogen-bond donors (Lipinski definition) is 1. The molecule has 34 heavy (non-hydrogen) atoms. The van der Waals surface area contributed by atoms with Crippen molar-refractivity contribution < 1.29 is 18.0 Å². The Bertz CT molecular complexity index is 1360. The first-order chi connectivity index (χ1) is 16.3. The van der Waals surface area contributed by atoms with Gasteiger partial charge < -0.3 is 10.2 Å². The van der Waals surface area contributed by atoms with Crippen molar-refractivity contribution in [3.05, 3.63) is 42.6 Å². The van der Waals surface area contributed by atoms with E-state index in [1.807, 2.05) is 0 Å². The quantitative estimate of drug-likeness (QED) is 0.400. The van der Waals surface area contributed by atoms with E-state index in [-0.39, 0.29) is 25.3 Å². The molecule has 5 rings (SSSR count). The lowest BCUT2D eigenvalue weighted by Crippen LogP contribution is -2.47. The Kier molecular flexibility index (Phi) is 6.21. The van der Waals surface area contributed by atoms with Crippen LogP contribution in [0.4, 0.5) is 18.3 Å². The fourth-order valence-corrected chi connectivity index (χ4v) is 5.94. The van der Waals surface area contributed by atoms with Crippen molar-refractivity contribution in [2.75, 3.05) is 25.5 Å². The smallest absolute Gasteiger partial charge is 0.263 e. The average Bonchev–Trinajstić information content (AvgIpc) is 3.36. The average molecular weight is 507 g/mol. The molecule has 4 aromatic rings. The molecule has 4 heterocycles. The number of amides is 1. The summed E-state index contributed by atoms with van der Waals surface area (Å²) in [6, 6.07) is 4.77. The topological polar surface area (TPSA) is 75.4 Å². The van der Waals surface area contributed by atoms with Crippen molar-refractivity contribution in [3.8, 4) is 0 Å². The van der Waals surface area contributed by atoms with Gasteiger partial charge in [0, 0.05) is 30.8 Å². The lowest BCUT2D eigenvalue weighted by atomic mass is 9.89. The van der Waals surface area contributed by atoms with Crippen LogP contribution in [0.1, 0.15) is 19.3 Å². The number of nitrogens with zero attached hydrogens (tertiary/aromatic N) is 5. The van der Waals surface area contributed by atoms with Crippen molar-refractivity contribution in [1.29, 1.82) is 0 Å². The Hall–Kier alpha value is -2.70. The molecule has 1 aliphatic heterocycles. The van der Waals surface area contributed by atoms with E-state index >= 15 is 0 Å². The van der Waals surface area contributed by atoms with Gasteiger partial charge in [0.1, 0.15) is 10.8 Å². The number of imidazole rings is 1. The zero-order valence-electron chi connectivity index (χ0n) is 18.2. The van der Waals surface area contributed by atoms with Gasteiger partial charge in [-0.05, 0) is 38.6 Å². The van der Waals surface area contributed by atoms with E-state index in [0.29, 0.717) is 44.0 Å². The molecule has 0 radical (unpaired) electrons. The number of piperidine rings is 1. The number of nitrogens with one attached hydrogen (secondary N) is 1. The van der Waals surface area contributed by atoms with Gasteiger partial charge in [-0.1, -0.05) is 23.1 Å². The maximum absolute atomic E-state index is 14.7. The summed E-state index contributed by atoms with van der Waals surface area (Å²) in [4.78, 5) is 27.0. The molecule has 3 aromatic heterocycles. The highest BCUT2D eigenvalue weighted by molar-refractivity contribution is 7.99. The highest BCUT2D eigenvalue weighted by Gasteiger charge is 2.43. The molecule has 1 aromatic carbocycles. The molecule has 0 saturated carbocycles. The van der Waals surface area contributed by atoms with Crippen molar-refractivity contribution in [1.82, 2.24) is 24.3 Å². The molecule has 1 saturated heterocycles. The van der Waals surface area contributed by atoms with Gasteiger partial charge in [-0.3, -0.25) is 9.20 Å². The van der Waals surface area contributed by atoms with Crippen LogP contribution in [0, 0.1) is 11.7 Å². The van der Waals surface area contributed by atoms with Gasteiger partial charge in [-0.15, -0.1) is 0 Å². The van der Waals surface area contributed by atoms with E-state index in [0.717, 1.165) is 0 Å². The summed E-state index contributed by atoms with van der Waals surface area (Å²) in [5.41, 5.74) is 0.420. The van der Waals surface area contributed by atoms with Crippen molar-refractivity contribution in [2.45, 2.75) is 35.1 Å². The van der Waals surface area contributed by atoms with E-state index in [2.05, 4.69) is 20.3 Å². The van der Waals surface area contributed by atoms with E-state index in [4.69, 9.17) is 0 Å². The molecule has 1 amide bonds. The van der Waals surface area contributed by atoms with Crippen LogP contribution in [0.3, 0.4) is 0 Å².